The van der Waals surface area contributed by atoms with Crippen molar-refractivity contribution in [3.8, 4) is 11.4 Å². The summed E-state index contributed by atoms with van der Waals surface area (Å²) in [6.45, 7) is 2.09. The van der Waals surface area contributed by atoms with Crippen molar-refractivity contribution in [2.75, 3.05) is 18.0 Å². The first kappa shape index (κ1) is 14.0. The summed E-state index contributed by atoms with van der Waals surface area (Å²) in [6, 6.07) is 8.71. The highest BCUT2D eigenvalue weighted by atomic mass is 19.1. The van der Waals surface area contributed by atoms with Crippen LogP contribution in [0.25, 0.3) is 16.6 Å². The van der Waals surface area contributed by atoms with E-state index in [9.17, 15) is 13.9 Å². The minimum Gasteiger partial charge on any atom is -0.503 e. The van der Waals surface area contributed by atoms with Gasteiger partial charge in [0.2, 0.25) is 0 Å². The molecule has 0 aliphatic carbocycles. The fraction of sp³-hybridized carbons (Fsp3) is 0.235. The van der Waals surface area contributed by atoms with Crippen molar-refractivity contribution in [1.82, 2.24) is 9.78 Å². The molecule has 1 saturated heterocycles. The largest absolute Gasteiger partial charge is 0.503 e. The third-order valence-electron chi connectivity index (χ3n) is 4.29. The summed E-state index contributed by atoms with van der Waals surface area (Å²) in [5.41, 5.74) is 1.85. The topological polar surface area (TPSA) is 41.3 Å². The van der Waals surface area contributed by atoms with Crippen molar-refractivity contribution < 1.29 is 13.9 Å². The number of phenols is 1. The van der Waals surface area contributed by atoms with E-state index >= 15 is 0 Å². The molecule has 1 aliphatic heterocycles. The number of aromatic nitrogens is 2. The Labute approximate surface area is 131 Å². The van der Waals surface area contributed by atoms with Crippen molar-refractivity contribution in [3.63, 3.8) is 0 Å². The Balaban J connectivity index is 1.78. The van der Waals surface area contributed by atoms with E-state index in [4.69, 9.17) is 0 Å². The molecular weight excluding hydrogens is 300 g/mol. The van der Waals surface area contributed by atoms with Gasteiger partial charge in [-0.3, -0.25) is 0 Å². The molecule has 1 N–H and O–H groups in total. The summed E-state index contributed by atoms with van der Waals surface area (Å²) in [5.74, 6) is -2.96. The van der Waals surface area contributed by atoms with Crippen molar-refractivity contribution in [1.29, 1.82) is 0 Å². The summed E-state index contributed by atoms with van der Waals surface area (Å²) < 4.78 is 29.0. The number of anilines is 1. The number of hydrogen-bond donors (Lipinski definition) is 1. The Kier molecular flexibility index (Phi) is 3.18. The Hall–Kier alpha value is -2.63. The highest BCUT2D eigenvalue weighted by Crippen LogP contribution is 2.30. The molecule has 1 fully saturated rings. The molecule has 2 aromatic carbocycles. The number of hydrogen-bond acceptors (Lipinski definition) is 3. The monoisotopic (exact) mass is 315 g/mol. The second-order valence-electron chi connectivity index (χ2n) is 5.73. The Morgan fingerprint density at radius 3 is 2.35 bits per heavy atom. The average molecular weight is 315 g/mol. The maximum Gasteiger partial charge on any atom is 0.194 e. The van der Waals surface area contributed by atoms with Gasteiger partial charge in [-0.15, -0.1) is 0 Å². The summed E-state index contributed by atoms with van der Waals surface area (Å²) in [6.07, 6.45) is 3.78. The third kappa shape index (κ3) is 2.21. The molecule has 4 nitrogen and oxygen atoms in total. The van der Waals surface area contributed by atoms with Gasteiger partial charge in [-0.25, -0.2) is 13.5 Å². The van der Waals surface area contributed by atoms with Crippen LogP contribution >= 0.6 is 0 Å². The normalized spacial score (nSPS) is 14.8. The van der Waals surface area contributed by atoms with Gasteiger partial charge in [0.15, 0.2) is 17.4 Å². The molecule has 0 saturated carbocycles. The molecule has 6 heteroatoms. The van der Waals surface area contributed by atoms with Crippen LogP contribution in [0.3, 0.4) is 0 Å². The Morgan fingerprint density at radius 2 is 1.65 bits per heavy atom. The Bertz CT molecular complexity index is 868. The molecule has 1 aromatic heterocycles. The summed E-state index contributed by atoms with van der Waals surface area (Å²) in [4.78, 5) is 2.30. The second-order valence-corrected chi connectivity index (χ2v) is 5.73. The van der Waals surface area contributed by atoms with Crippen LogP contribution in [0.4, 0.5) is 14.5 Å². The van der Waals surface area contributed by atoms with Gasteiger partial charge in [0.1, 0.15) is 5.52 Å². The van der Waals surface area contributed by atoms with E-state index in [0.717, 1.165) is 24.8 Å². The highest BCUT2D eigenvalue weighted by Gasteiger charge is 2.18. The van der Waals surface area contributed by atoms with E-state index in [2.05, 4.69) is 10.00 Å². The molecule has 0 bridgehead atoms. The molecular formula is C17H15F2N3O. The molecule has 118 valence electrons. The molecule has 0 unspecified atom stereocenters. The molecule has 4 rings (SSSR count). The van der Waals surface area contributed by atoms with E-state index < -0.39 is 17.4 Å². The first-order valence-corrected chi connectivity index (χ1v) is 7.55. The van der Waals surface area contributed by atoms with Gasteiger partial charge >= 0.3 is 0 Å². The summed E-state index contributed by atoms with van der Waals surface area (Å²) in [7, 11) is 0. The van der Waals surface area contributed by atoms with Crippen molar-refractivity contribution in [2.24, 2.45) is 0 Å². The van der Waals surface area contributed by atoms with Gasteiger partial charge in [0.25, 0.3) is 0 Å². The van der Waals surface area contributed by atoms with Crippen molar-refractivity contribution in [3.05, 3.63) is 48.2 Å². The fourth-order valence-corrected chi connectivity index (χ4v) is 3.08. The van der Waals surface area contributed by atoms with Crippen LogP contribution in [0, 0.1) is 11.6 Å². The smallest absolute Gasteiger partial charge is 0.194 e. The zero-order valence-corrected chi connectivity index (χ0v) is 12.3. The highest BCUT2D eigenvalue weighted by molar-refractivity contribution is 5.82. The lowest BCUT2D eigenvalue weighted by Crippen LogP contribution is -2.17. The number of nitrogens with zero attached hydrogens (tertiary/aromatic N) is 3. The molecule has 0 radical (unpaired) electrons. The lowest BCUT2D eigenvalue weighted by Gasteiger charge is -2.17. The quantitative estimate of drug-likeness (QED) is 0.785. The van der Waals surface area contributed by atoms with E-state index in [1.165, 1.54) is 23.7 Å². The zero-order chi connectivity index (χ0) is 16.0. The Morgan fingerprint density at radius 1 is 1.00 bits per heavy atom. The molecule has 0 spiro atoms. The number of fused-ring (bicyclic) bond motifs is 1. The number of phenolic OH excluding ortho intramolecular Hbond substituents is 1. The lowest BCUT2D eigenvalue weighted by atomic mass is 10.2. The lowest BCUT2D eigenvalue weighted by molar-refractivity contribution is 0.399. The van der Waals surface area contributed by atoms with Gasteiger partial charge in [-0.1, -0.05) is 0 Å². The molecule has 0 amide bonds. The second kappa shape index (κ2) is 5.22. The van der Waals surface area contributed by atoms with Gasteiger partial charge in [-0.2, -0.15) is 5.10 Å². The standard InChI is InChI=1S/C17H15F2N3O/c18-14-9-11-10-20-22(16(11)15(19)17(14)23)13-5-3-12(4-6-13)21-7-1-2-8-21/h3-6,9-10,23H,1-2,7-8H2. The van der Waals surface area contributed by atoms with Crippen LogP contribution in [0.1, 0.15) is 12.8 Å². The number of aromatic hydroxyl groups is 1. The van der Waals surface area contributed by atoms with Crippen molar-refractivity contribution >= 4 is 16.6 Å². The number of halogens is 2. The van der Waals surface area contributed by atoms with E-state index in [0.29, 0.717) is 11.1 Å². The zero-order valence-electron chi connectivity index (χ0n) is 12.3. The minimum atomic E-state index is -0.999. The maximum atomic E-state index is 14.2. The summed E-state index contributed by atoms with van der Waals surface area (Å²) in [5, 5.41) is 13.9. The number of benzene rings is 2. The van der Waals surface area contributed by atoms with Crippen molar-refractivity contribution in [2.45, 2.75) is 12.8 Å². The van der Waals surface area contributed by atoms with Gasteiger partial charge in [-0.05, 0) is 43.2 Å². The van der Waals surface area contributed by atoms with Crippen LogP contribution < -0.4 is 4.90 Å². The van der Waals surface area contributed by atoms with E-state index in [-0.39, 0.29) is 5.52 Å². The molecule has 0 atom stereocenters. The van der Waals surface area contributed by atoms with Crippen LogP contribution in [-0.2, 0) is 0 Å². The van der Waals surface area contributed by atoms with Gasteiger partial charge in [0, 0.05) is 24.2 Å². The van der Waals surface area contributed by atoms with Gasteiger partial charge in [0.05, 0.1) is 11.9 Å². The van der Waals surface area contributed by atoms with E-state index in [1.807, 2.05) is 24.3 Å². The summed E-state index contributed by atoms with van der Waals surface area (Å²) >= 11 is 0. The fourth-order valence-electron chi connectivity index (χ4n) is 3.08. The molecule has 1 aliphatic rings. The first-order valence-electron chi connectivity index (χ1n) is 7.55. The molecule has 3 aromatic rings. The predicted molar refractivity (Wildman–Crippen MR) is 84.1 cm³/mol. The third-order valence-corrected chi connectivity index (χ3v) is 4.29. The molecule has 23 heavy (non-hydrogen) atoms. The van der Waals surface area contributed by atoms with Crippen LogP contribution in [0.5, 0.6) is 5.75 Å². The number of rotatable bonds is 2. The van der Waals surface area contributed by atoms with E-state index in [1.54, 1.807) is 0 Å². The predicted octanol–water partition coefficient (Wildman–Crippen LogP) is 3.61. The van der Waals surface area contributed by atoms with Crippen LogP contribution in [0.15, 0.2) is 36.5 Å². The SMILES string of the molecule is Oc1c(F)cc2cnn(-c3ccc(N4CCCC4)cc3)c2c1F. The van der Waals surface area contributed by atoms with Crippen LogP contribution in [0.2, 0.25) is 0 Å². The molecule has 2 heterocycles. The van der Waals surface area contributed by atoms with Gasteiger partial charge < -0.3 is 10.0 Å². The first-order chi connectivity index (χ1) is 11.1. The maximum absolute atomic E-state index is 14.2. The minimum absolute atomic E-state index is 0.0674. The average Bonchev–Trinajstić information content (AvgIpc) is 3.22. The van der Waals surface area contributed by atoms with Crippen LogP contribution in [-0.4, -0.2) is 28.0 Å².